The fraction of sp³-hybridized carbons (Fsp3) is 0.500. The van der Waals surface area contributed by atoms with E-state index in [0.29, 0.717) is 26.4 Å². The Morgan fingerprint density at radius 2 is 1.57 bits per heavy atom. The Morgan fingerprint density at radius 3 is 1.91 bits per heavy atom. The summed E-state index contributed by atoms with van der Waals surface area (Å²) >= 11 is 6.18. The zero-order valence-corrected chi connectivity index (χ0v) is 15.8. The Labute approximate surface area is 146 Å². The molecule has 1 aromatic heterocycles. The van der Waals surface area contributed by atoms with Crippen LogP contribution in [0, 0.1) is 0 Å². The van der Waals surface area contributed by atoms with Crippen LogP contribution in [0.15, 0.2) is 4.91 Å². The predicted molar refractivity (Wildman–Crippen MR) is 97.4 cm³/mol. The van der Waals surface area contributed by atoms with Crippen LogP contribution in [0.3, 0.4) is 0 Å². The van der Waals surface area contributed by atoms with Gasteiger partial charge in [0, 0.05) is 16.9 Å². The molecule has 1 amide bonds. The number of hydrogen-bond donors (Lipinski definition) is 2. The van der Waals surface area contributed by atoms with Crippen LogP contribution in [-0.2, 0) is 15.6 Å². The van der Waals surface area contributed by atoms with Crippen LogP contribution in [0.4, 0.5) is 0 Å². The van der Waals surface area contributed by atoms with Gasteiger partial charge in [0.25, 0.3) is 5.91 Å². The van der Waals surface area contributed by atoms with E-state index in [1.807, 2.05) is 41.5 Å². The highest BCUT2D eigenvalue weighted by molar-refractivity contribution is 8.26. The van der Waals surface area contributed by atoms with Crippen LogP contribution < -0.4 is 5.32 Å². The lowest BCUT2D eigenvalue weighted by Crippen LogP contribution is -2.21. The first-order valence-corrected chi connectivity index (χ1v) is 8.49. The van der Waals surface area contributed by atoms with Crippen molar-refractivity contribution in [3.8, 4) is 5.75 Å². The van der Waals surface area contributed by atoms with Gasteiger partial charge >= 0.3 is 0 Å². The zero-order chi connectivity index (χ0) is 17.6. The van der Waals surface area contributed by atoms with Gasteiger partial charge in [-0.05, 0) is 0 Å². The standard InChI is InChI=1S/C16H21N3O2S2/c1-15(2,3)11-10(20)12(16(4,5)6)18-9(17-11)7-8-13(21)19-14(22)23-8/h7,20H,1-6H3,(H,19,21,22). The topological polar surface area (TPSA) is 75.1 Å². The number of nitrogens with zero attached hydrogens (tertiary/aromatic N) is 2. The number of carbonyl (C=O) groups is 1. The number of aromatic nitrogens is 2. The number of rotatable bonds is 1. The molecule has 7 heteroatoms. The van der Waals surface area contributed by atoms with Gasteiger partial charge in [-0.25, -0.2) is 9.97 Å². The second-order valence-corrected chi connectivity index (χ2v) is 9.20. The molecular formula is C16H21N3O2S2. The van der Waals surface area contributed by atoms with Crippen molar-refractivity contribution in [2.24, 2.45) is 0 Å². The lowest BCUT2D eigenvalue weighted by Gasteiger charge is -2.25. The molecule has 0 unspecified atom stereocenters. The SMILES string of the molecule is CC(C)(C)c1nc(C=C2SC(=S)NC2=O)nc(C(C)(C)C)c1O. The van der Waals surface area contributed by atoms with Gasteiger partial charge in [-0.3, -0.25) is 4.79 Å². The first kappa shape index (κ1) is 17.9. The van der Waals surface area contributed by atoms with Gasteiger partial charge in [0.15, 0.2) is 11.6 Å². The minimum Gasteiger partial charge on any atom is -0.504 e. The number of amides is 1. The van der Waals surface area contributed by atoms with E-state index < -0.39 is 0 Å². The van der Waals surface area contributed by atoms with E-state index in [0.717, 1.165) is 0 Å². The van der Waals surface area contributed by atoms with Gasteiger partial charge in [-0.1, -0.05) is 65.5 Å². The van der Waals surface area contributed by atoms with Gasteiger partial charge in [0.05, 0.1) is 16.3 Å². The summed E-state index contributed by atoms with van der Waals surface area (Å²) in [5, 5.41) is 13.2. The zero-order valence-electron chi connectivity index (χ0n) is 14.1. The number of aromatic hydroxyl groups is 1. The molecule has 0 bridgehead atoms. The molecule has 0 atom stereocenters. The summed E-state index contributed by atoms with van der Waals surface area (Å²) in [5.41, 5.74) is 0.437. The number of thiocarbonyl (C=S) groups is 1. The van der Waals surface area contributed by atoms with E-state index in [1.54, 1.807) is 6.08 Å². The van der Waals surface area contributed by atoms with Crippen LogP contribution in [0.5, 0.6) is 5.75 Å². The third-order valence-corrected chi connectivity index (χ3v) is 4.39. The first-order valence-electron chi connectivity index (χ1n) is 7.26. The Bertz CT molecular complexity index is 678. The minimum absolute atomic E-state index is 0.117. The summed E-state index contributed by atoms with van der Waals surface area (Å²) in [6, 6.07) is 0. The average molecular weight is 351 g/mol. The van der Waals surface area contributed by atoms with Crippen LogP contribution in [0.1, 0.15) is 58.8 Å². The summed E-state index contributed by atoms with van der Waals surface area (Å²) in [6.07, 6.45) is 1.61. The van der Waals surface area contributed by atoms with E-state index in [9.17, 15) is 9.90 Å². The monoisotopic (exact) mass is 351 g/mol. The van der Waals surface area contributed by atoms with Gasteiger partial charge < -0.3 is 10.4 Å². The van der Waals surface area contributed by atoms with E-state index >= 15 is 0 Å². The highest BCUT2D eigenvalue weighted by Crippen LogP contribution is 2.37. The van der Waals surface area contributed by atoms with Crippen LogP contribution in [0.25, 0.3) is 6.08 Å². The van der Waals surface area contributed by atoms with Crippen molar-refractivity contribution in [1.82, 2.24) is 15.3 Å². The van der Waals surface area contributed by atoms with E-state index in [4.69, 9.17) is 12.2 Å². The number of thioether (sulfide) groups is 1. The maximum Gasteiger partial charge on any atom is 0.263 e. The Morgan fingerprint density at radius 1 is 1.09 bits per heavy atom. The fourth-order valence-electron chi connectivity index (χ4n) is 2.12. The quantitative estimate of drug-likeness (QED) is 0.597. The summed E-state index contributed by atoms with van der Waals surface area (Å²) in [4.78, 5) is 21.2. The van der Waals surface area contributed by atoms with Crippen LogP contribution >= 0.6 is 24.0 Å². The van der Waals surface area contributed by atoms with E-state index in [-0.39, 0.29) is 22.5 Å². The van der Waals surface area contributed by atoms with E-state index in [1.165, 1.54) is 11.8 Å². The highest BCUT2D eigenvalue weighted by Gasteiger charge is 2.30. The number of carbonyl (C=O) groups excluding carboxylic acids is 1. The molecule has 1 saturated heterocycles. The molecule has 1 fully saturated rings. The molecule has 0 aromatic carbocycles. The predicted octanol–water partition coefficient (Wildman–Crippen LogP) is 3.27. The molecule has 0 aliphatic carbocycles. The molecule has 124 valence electrons. The first-order chi connectivity index (χ1) is 10.4. The molecule has 1 aliphatic heterocycles. The molecule has 2 N–H and O–H groups in total. The average Bonchev–Trinajstić information content (AvgIpc) is 2.67. The maximum atomic E-state index is 11.8. The maximum absolute atomic E-state index is 11.8. The van der Waals surface area contributed by atoms with E-state index in [2.05, 4.69) is 15.3 Å². The Balaban J connectivity index is 2.64. The highest BCUT2D eigenvalue weighted by atomic mass is 32.2. The summed E-state index contributed by atoms with van der Waals surface area (Å²) in [6.45, 7) is 11.9. The second kappa shape index (κ2) is 5.87. The van der Waals surface area contributed by atoms with Crippen molar-refractivity contribution in [3.05, 3.63) is 22.1 Å². The van der Waals surface area contributed by atoms with Gasteiger partial charge in [-0.2, -0.15) is 0 Å². The number of hydrogen-bond acceptors (Lipinski definition) is 6. The summed E-state index contributed by atoms with van der Waals surface area (Å²) < 4.78 is 0.423. The van der Waals surface area contributed by atoms with Crippen molar-refractivity contribution in [2.45, 2.75) is 52.4 Å². The molecule has 2 rings (SSSR count). The normalized spacial score (nSPS) is 17.7. The Kier molecular flexibility index (Phi) is 4.56. The second-order valence-electron chi connectivity index (χ2n) is 7.48. The third-order valence-electron chi connectivity index (χ3n) is 3.22. The van der Waals surface area contributed by atoms with Crippen molar-refractivity contribution in [1.29, 1.82) is 0 Å². The molecule has 23 heavy (non-hydrogen) atoms. The molecule has 1 aromatic rings. The molecule has 5 nitrogen and oxygen atoms in total. The van der Waals surface area contributed by atoms with Crippen LogP contribution in [0.2, 0.25) is 0 Å². The van der Waals surface area contributed by atoms with Gasteiger partial charge in [-0.15, -0.1) is 0 Å². The molecule has 2 heterocycles. The third kappa shape index (κ3) is 3.90. The van der Waals surface area contributed by atoms with Gasteiger partial charge in [0.2, 0.25) is 0 Å². The lowest BCUT2D eigenvalue weighted by molar-refractivity contribution is -0.115. The smallest absolute Gasteiger partial charge is 0.263 e. The largest absolute Gasteiger partial charge is 0.504 e. The number of nitrogens with one attached hydrogen (secondary N) is 1. The molecular weight excluding hydrogens is 330 g/mol. The molecule has 0 radical (unpaired) electrons. The van der Waals surface area contributed by atoms with Crippen molar-refractivity contribution in [3.63, 3.8) is 0 Å². The minimum atomic E-state index is -0.347. The van der Waals surface area contributed by atoms with Crippen molar-refractivity contribution < 1.29 is 9.90 Å². The molecule has 0 saturated carbocycles. The summed E-state index contributed by atoms with van der Waals surface area (Å²) in [7, 11) is 0. The van der Waals surface area contributed by atoms with Crippen molar-refractivity contribution >= 4 is 40.3 Å². The van der Waals surface area contributed by atoms with Crippen molar-refractivity contribution in [2.75, 3.05) is 0 Å². The van der Waals surface area contributed by atoms with Gasteiger partial charge in [0.1, 0.15) is 4.32 Å². The molecule has 0 spiro atoms. The Hall–Kier alpha value is -1.47. The lowest BCUT2D eigenvalue weighted by atomic mass is 9.85. The van der Waals surface area contributed by atoms with Crippen LogP contribution in [-0.4, -0.2) is 25.3 Å². The fourth-order valence-corrected chi connectivity index (χ4v) is 3.13. The summed E-state index contributed by atoms with van der Waals surface area (Å²) in [5.74, 6) is 0.275. The molecule has 1 aliphatic rings.